The van der Waals surface area contributed by atoms with E-state index in [0.717, 1.165) is 4.09 Å². The van der Waals surface area contributed by atoms with Crippen LogP contribution in [-0.2, 0) is 25.2 Å². The fourth-order valence-electron chi connectivity index (χ4n) is 3.25. The van der Waals surface area contributed by atoms with Gasteiger partial charge in [0.15, 0.2) is 6.10 Å². The van der Waals surface area contributed by atoms with E-state index in [1.165, 1.54) is 6.20 Å². The number of methoxy groups -OCH3 is 1. The average molecular weight is 414 g/mol. The zero-order valence-corrected chi connectivity index (χ0v) is 16.8. The first-order valence-corrected chi connectivity index (χ1v) is 10.9. The summed E-state index contributed by atoms with van der Waals surface area (Å²) >= 11 is 0. The molecule has 0 N–H and O–H groups in total. The minimum atomic E-state index is -3.62. The van der Waals surface area contributed by atoms with Crippen molar-refractivity contribution >= 4 is 10.0 Å². The average Bonchev–Trinajstić information content (AvgIpc) is 3.39. The number of para-hydroxylation sites is 1. The van der Waals surface area contributed by atoms with Crippen molar-refractivity contribution < 1.29 is 22.6 Å². The van der Waals surface area contributed by atoms with E-state index in [2.05, 4.69) is 5.10 Å². The molecule has 3 aromatic rings. The molecule has 2 heterocycles. The third kappa shape index (κ3) is 4.34. The van der Waals surface area contributed by atoms with Gasteiger partial charge in [-0.2, -0.15) is 9.19 Å². The quantitative estimate of drug-likeness (QED) is 0.591. The van der Waals surface area contributed by atoms with Crippen LogP contribution in [-0.4, -0.2) is 50.1 Å². The van der Waals surface area contributed by atoms with Crippen LogP contribution in [0.15, 0.2) is 66.9 Å². The van der Waals surface area contributed by atoms with Gasteiger partial charge in [0.05, 0.1) is 24.7 Å². The van der Waals surface area contributed by atoms with Gasteiger partial charge in [0.1, 0.15) is 11.9 Å². The molecule has 4 rings (SSSR count). The summed E-state index contributed by atoms with van der Waals surface area (Å²) in [4.78, 5) is 0. The zero-order valence-electron chi connectivity index (χ0n) is 16.0. The summed E-state index contributed by atoms with van der Waals surface area (Å²) in [6, 6.07) is 18.1. The number of hydrogen-bond donors (Lipinski definition) is 0. The Balaban J connectivity index is 1.58. The lowest BCUT2D eigenvalue weighted by Gasteiger charge is -2.19. The molecule has 0 radical (unpaired) electrons. The molecule has 1 saturated heterocycles. The SMILES string of the molecule is COC1COC[C@H]1Oc1ccccc1-c1ccn(S(=O)(=O)Cc2ccccc2)n1. The molecule has 0 aliphatic carbocycles. The van der Waals surface area contributed by atoms with Gasteiger partial charge in [-0.15, -0.1) is 0 Å². The molecule has 1 aliphatic rings. The molecule has 1 fully saturated rings. The van der Waals surface area contributed by atoms with Gasteiger partial charge in [0.25, 0.3) is 10.0 Å². The molecule has 1 aliphatic heterocycles. The van der Waals surface area contributed by atoms with Crippen molar-refractivity contribution in [1.29, 1.82) is 0 Å². The molecule has 1 aromatic heterocycles. The Kier molecular flexibility index (Phi) is 5.66. The molecule has 0 amide bonds. The summed E-state index contributed by atoms with van der Waals surface area (Å²) in [6.45, 7) is 0.919. The second-order valence-corrected chi connectivity index (χ2v) is 8.61. The van der Waals surface area contributed by atoms with Crippen LogP contribution in [0.3, 0.4) is 0 Å². The predicted octanol–water partition coefficient (Wildman–Crippen LogP) is 2.72. The van der Waals surface area contributed by atoms with E-state index in [9.17, 15) is 8.42 Å². The van der Waals surface area contributed by atoms with Gasteiger partial charge in [0.2, 0.25) is 0 Å². The van der Waals surface area contributed by atoms with Crippen LogP contribution < -0.4 is 4.74 Å². The monoisotopic (exact) mass is 414 g/mol. The first-order chi connectivity index (χ1) is 14.1. The Morgan fingerprint density at radius 3 is 2.55 bits per heavy atom. The lowest BCUT2D eigenvalue weighted by atomic mass is 10.1. The highest BCUT2D eigenvalue weighted by Gasteiger charge is 2.30. The van der Waals surface area contributed by atoms with Crippen LogP contribution in [0.25, 0.3) is 11.3 Å². The Morgan fingerprint density at radius 2 is 1.76 bits per heavy atom. The zero-order chi connectivity index (χ0) is 20.3. The van der Waals surface area contributed by atoms with Crippen LogP contribution in [0, 0.1) is 0 Å². The number of nitrogens with zero attached hydrogens (tertiary/aromatic N) is 2. The lowest BCUT2D eigenvalue weighted by Crippen LogP contribution is -2.31. The summed E-state index contributed by atoms with van der Waals surface area (Å²) < 4.78 is 43.4. The lowest BCUT2D eigenvalue weighted by molar-refractivity contribution is 0.0328. The summed E-state index contributed by atoms with van der Waals surface area (Å²) in [6.07, 6.45) is 1.08. The standard InChI is InChI=1S/C21H22N2O5S/c1-26-20-13-27-14-21(20)28-19-10-6-5-9-17(19)18-11-12-23(22-18)29(24,25)15-16-7-3-2-4-8-16/h2-12,20-21H,13-15H2,1H3/t20?,21-/m1/s1. The number of benzene rings is 2. The fourth-order valence-corrected chi connectivity index (χ4v) is 4.45. The smallest absolute Gasteiger partial charge is 0.257 e. The highest BCUT2D eigenvalue weighted by Crippen LogP contribution is 2.31. The molecule has 8 heteroatoms. The first kappa shape index (κ1) is 19.6. The van der Waals surface area contributed by atoms with Gasteiger partial charge in [-0.1, -0.05) is 42.5 Å². The first-order valence-electron chi connectivity index (χ1n) is 9.26. The number of ether oxygens (including phenoxy) is 3. The molecule has 2 aromatic carbocycles. The molecule has 152 valence electrons. The summed E-state index contributed by atoms with van der Waals surface area (Å²) in [5.74, 6) is 0.484. The summed E-state index contributed by atoms with van der Waals surface area (Å²) in [5, 5.41) is 4.31. The van der Waals surface area contributed by atoms with Gasteiger partial charge in [-0.05, 0) is 23.8 Å². The molecule has 29 heavy (non-hydrogen) atoms. The van der Waals surface area contributed by atoms with E-state index >= 15 is 0 Å². The van der Waals surface area contributed by atoms with Crippen molar-refractivity contribution in [2.24, 2.45) is 0 Å². The molecule has 0 saturated carbocycles. The van der Waals surface area contributed by atoms with Gasteiger partial charge < -0.3 is 14.2 Å². The topological polar surface area (TPSA) is 79.7 Å². The maximum Gasteiger partial charge on any atom is 0.257 e. The van der Waals surface area contributed by atoms with Crippen molar-refractivity contribution in [2.75, 3.05) is 20.3 Å². The Bertz CT molecular complexity index is 1070. The van der Waals surface area contributed by atoms with Crippen molar-refractivity contribution in [2.45, 2.75) is 18.0 Å². The Labute approximate surface area is 169 Å². The van der Waals surface area contributed by atoms with Crippen LogP contribution in [0.1, 0.15) is 5.56 Å². The van der Waals surface area contributed by atoms with Crippen LogP contribution in [0.2, 0.25) is 0 Å². The van der Waals surface area contributed by atoms with Crippen molar-refractivity contribution in [3.63, 3.8) is 0 Å². The maximum absolute atomic E-state index is 12.7. The highest BCUT2D eigenvalue weighted by atomic mass is 32.2. The number of rotatable bonds is 7. The van der Waals surface area contributed by atoms with E-state index in [-0.39, 0.29) is 18.0 Å². The molecule has 7 nitrogen and oxygen atoms in total. The van der Waals surface area contributed by atoms with E-state index < -0.39 is 10.0 Å². The van der Waals surface area contributed by atoms with Crippen LogP contribution >= 0.6 is 0 Å². The minimum absolute atomic E-state index is 0.123. The van der Waals surface area contributed by atoms with Crippen molar-refractivity contribution in [3.05, 3.63) is 72.4 Å². The van der Waals surface area contributed by atoms with Gasteiger partial charge >= 0.3 is 0 Å². The number of aromatic nitrogens is 2. The second kappa shape index (κ2) is 8.36. The molecule has 0 bridgehead atoms. The van der Waals surface area contributed by atoms with E-state index in [4.69, 9.17) is 14.2 Å². The molecular weight excluding hydrogens is 392 g/mol. The Hall–Kier alpha value is -2.68. The van der Waals surface area contributed by atoms with E-state index in [1.54, 1.807) is 25.3 Å². The van der Waals surface area contributed by atoms with Crippen molar-refractivity contribution in [1.82, 2.24) is 9.19 Å². The molecule has 0 spiro atoms. The fraction of sp³-hybridized carbons (Fsp3) is 0.286. The van der Waals surface area contributed by atoms with Crippen LogP contribution in [0.4, 0.5) is 0 Å². The third-order valence-corrected chi connectivity index (χ3v) is 6.24. The van der Waals surface area contributed by atoms with Crippen molar-refractivity contribution in [3.8, 4) is 17.0 Å². The minimum Gasteiger partial charge on any atom is -0.484 e. The Morgan fingerprint density at radius 1 is 1.03 bits per heavy atom. The van der Waals surface area contributed by atoms with Gasteiger partial charge in [0, 0.05) is 18.9 Å². The molecule has 1 unspecified atom stereocenters. The van der Waals surface area contributed by atoms with Gasteiger partial charge in [-0.3, -0.25) is 0 Å². The van der Waals surface area contributed by atoms with Crippen LogP contribution in [0.5, 0.6) is 5.75 Å². The van der Waals surface area contributed by atoms with E-state index in [0.29, 0.717) is 35.8 Å². The molecule has 2 atom stereocenters. The largest absolute Gasteiger partial charge is 0.484 e. The molecular formula is C21H22N2O5S. The highest BCUT2D eigenvalue weighted by molar-refractivity contribution is 7.89. The summed E-state index contributed by atoms with van der Waals surface area (Å²) in [7, 11) is -2.00. The summed E-state index contributed by atoms with van der Waals surface area (Å²) in [5.41, 5.74) is 1.94. The van der Waals surface area contributed by atoms with Gasteiger partial charge in [-0.25, -0.2) is 8.42 Å². The second-order valence-electron chi connectivity index (χ2n) is 6.78. The normalized spacial score (nSPS) is 19.3. The number of hydrogen-bond acceptors (Lipinski definition) is 6. The predicted molar refractivity (Wildman–Crippen MR) is 108 cm³/mol. The van der Waals surface area contributed by atoms with E-state index in [1.807, 2.05) is 42.5 Å². The maximum atomic E-state index is 12.7. The third-order valence-electron chi connectivity index (χ3n) is 4.77.